The minimum Gasteiger partial charge on any atom is -0.489 e. The van der Waals surface area contributed by atoms with Crippen molar-refractivity contribution in [2.75, 3.05) is 4.90 Å². The number of H-pyrrole nitrogens is 1. The number of hydrogen-bond acceptors (Lipinski definition) is 8. The number of aromatic amines is 1. The van der Waals surface area contributed by atoms with E-state index in [1.165, 1.54) is 23.1 Å². The maximum Gasteiger partial charge on any atom is 0.305 e. The minimum absolute atomic E-state index is 0.181. The molecule has 0 spiro atoms. The summed E-state index contributed by atoms with van der Waals surface area (Å²) in [5.41, 5.74) is 2.59. The Bertz CT molecular complexity index is 1730. The number of halogens is 1. The zero-order valence-corrected chi connectivity index (χ0v) is 24.0. The van der Waals surface area contributed by atoms with E-state index in [4.69, 9.17) is 4.74 Å². The molecular weight excluding hydrogens is 618 g/mol. The number of carbonyl (C=O) groups is 2. The molecule has 4 aromatic rings. The van der Waals surface area contributed by atoms with Crippen molar-refractivity contribution in [1.82, 2.24) is 4.98 Å². The van der Waals surface area contributed by atoms with Gasteiger partial charge < -0.3 is 9.72 Å². The van der Waals surface area contributed by atoms with Gasteiger partial charge in [0, 0.05) is 33.0 Å². The van der Waals surface area contributed by atoms with Crippen LogP contribution in [0.1, 0.15) is 27.5 Å². The number of benzene rings is 3. The standard InChI is InChI=1S/C28H20BrN3O6S2/c1-14-4-2-3-5-15(14)13-38-20-11-10-18(32(36)37)12-19(20)21-22-24(39-25-23(21)40-28(35)30-25)27(34)31(26(22)33)17-8-6-16(29)7-9-17/h2-12,21-22,24H,13H2,1H3,(H,30,35). The summed E-state index contributed by atoms with van der Waals surface area (Å²) in [5.74, 6) is -2.20. The average Bonchev–Trinajstić information content (AvgIpc) is 3.43. The van der Waals surface area contributed by atoms with Crippen molar-refractivity contribution in [2.24, 2.45) is 5.92 Å². The molecule has 3 unspecified atom stereocenters. The van der Waals surface area contributed by atoms with Crippen LogP contribution < -0.4 is 14.5 Å². The fraction of sp³-hybridized carbons (Fsp3) is 0.179. The van der Waals surface area contributed by atoms with Gasteiger partial charge in [-0.2, -0.15) is 0 Å². The van der Waals surface area contributed by atoms with Crippen LogP contribution in [-0.4, -0.2) is 27.0 Å². The van der Waals surface area contributed by atoms with Crippen molar-refractivity contribution in [3.05, 3.63) is 113 Å². The molecule has 1 fully saturated rings. The van der Waals surface area contributed by atoms with Gasteiger partial charge in [-0.25, -0.2) is 4.90 Å². The summed E-state index contributed by atoms with van der Waals surface area (Å²) in [6.07, 6.45) is 0. The minimum atomic E-state index is -0.900. The first-order valence-electron chi connectivity index (χ1n) is 12.2. The molecule has 1 N–H and O–H groups in total. The molecule has 0 radical (unpaired) electrons. The predicted octanol–water partition coefficient (Wildman–Crippen LogP) is 5.79. The van der Waals surface area contributed by atoms with Gasteiger partial charge in [-0.15, -0.1) is 0 Å². The van der Waals surface area contributed by atoms with E-state index in [-0.39, 0.29) is 17.2 Å². The highest BCUT2D eigenvalue weighted by molar-refractivity contribution is 9.10. The average molecular weight is 639 g/mol. The molecule has 2 aliphatic heterocycles. The van der Waals surface area contributed by atoms with Crippen LogP contribution in [0.4, 0.5) is 11.4 Å². The van der Waals surface area contributed by atoms with Crippen molar-refractivity contribution in [1.29, 1.82) is 0 Å². The number of rotatable bonds is 6. The molecule has 202 valence electrons. The van der Waals surface area contributed by atoms with E-state index in [2.05, 4.69) is 20.9 Å². The van der Waals surface area contributed by atoms with Gasteiger partial charge in [0.1, 0.15) is 17.6 Å². The lowest BCUT2D eigenvalue weighted by atomic mass is 9.82. The lowest BCUT2D eigenvalue weighted by molar-refractivity contribution is -0.385. The van der Waals surface area contributed by atoms with Crippen LogP contribution in [0, 0.1) is 23.0 Å². The SMILES string of the molecule is Cc1ccccc1COc1ccc([N+](=O)[O-])cc1C1c2sc(=O)[nH]c2SC2C(=O)N(c3ccc(Br)cc3)C(=O)C21. The topological polar surface area (TPSA) is 123 Å². The first kappa shape index (κ1) is 26.5. The molecular formula is C28H20BrN3O6S2. The molecule has 2 aliphatic rings. The number of nitro benzene ring substituents is 1. The number of aromatic nitrogens is 1. The van der Waals surface area contributed by atoms with Crippen LogP contribution in [0.2, 0.25) is 0 Å². The van der Waals surface area contributed by atoms with Crippen LogP contribution in [-0.2, 0) is 16.2 Å². The summed E-state index contributed by atoms with van der Waals surface area (Å²) in [6.45, 7) is 2.16. The molecule has 9 nitrogen and oxygen atoms in total. The first-order chi connectivity index (χ1) is 19.2. The number of nitrogens with one attached hydrogen (secondary N) is 1. The van der Waals surface area contributed by atoms with Crippen LogP contribution >= 0.6 is 39.0 Å². The normalized spacial score (nSPS) is 19.9. The van der Waals surface area contributed by atoms with Gasteiger partial charge in [0.2, 0.25) is 11.8 Å². The number of hydrogen-bond donors (Lipinski definition) is 1. The second-order valence-electron chi connectivity index (χ2n) is 9.43. The van der Waals surface area contributed by atoms with Gasteiger partial charge in [0.25, 0.3) is 5.69 Å². The third kappa shape index (κ3) is 4.55. The van der Waals surface area contributed by atoms with Gasteiger partial charge >= 0.3 is 4.87 Å². The summed E-state index contributed by atoms with van der Waals surface area (Å²) >= 11 is 5.46. The first-order valence-corrected chi connectivity index (χ1v) is 14.7. The number of non-ortho nitro benzene ring substituents is 1. The molecule has 3 aromatic carbocycles. The highest BCUT2D eigenvalue weighted by atomic mass is 79.9. The number of thiazole rings is 1. The maximum atomic E-state index is 14.0. The number of fused-ring (bicyclic) bond motifs is 2. The molecule has 2 amide bonds. The number of imide groups is 1. The van der Waals surface area contributed by atoms with Crippen molar-refractivity contribution < 1.29 is 19.2 Å². The number of nitrogens with zero attached hydrogens (tertiary/aromatic N) is 2. The van der Waals surface area contributed by atoms with Crippen molar-refractivity contribution >= 4 is 62.2 Å². The lowest BCUT2D eigenvalue weighted by Crippen LogP contribution is -2.32. The summed E-state index contributed by atoms with van der Waals surface area (Å²) in [4.78, 5) is 55.6. The van der Waals surface area contributed by atoms with E-state index in [1.807, 2.05) is 31.2 Å². The Morgan fingerprint density at radius 1 is 1.05 bits per heavy atom. The molecule has 0 aliphatic carbocycles. The molecule has 1 aromatic heterocycles. The van der Waals surface area contributed by atoms with Crippen LogP contribution in [0.3, 0.4) is 0 Å². The molecule has 6 rings (SSSR count). The van der Waals surface area contributed by atoms with Crippen LogP contribution in [0.25, 0.3) is 0 Å². The zero-order valence-electron chi connectivity index (χ0n) is 20.8. The van der Waals surface area contributed by atoms with E-state index in [0.29, 0.717) is 26.9 Å². The second kappa shape index (κ2) is 10.3. The fourth-order valence-corrected chi connectivity index (χ4v) is 7.92. The summed E-state index contributed by atoms with van der Waals surface area (Å²) < 4.78 is 7.02. The summed E-state index contributed by atoms with van der Waals surface area (Å²) in [7, 11) is 0. The summed E-state index contributed by atoms with van der Waals surface area (Å²) in [5, 5.41) is 11.5. The zero-order chi connectivity index (χ0) is 28.1. The van der Waals surface area contributed by atoms with Gasteiger partial charge in [0.15, 0.2) is 0 Å². The predicted molar refractivity (Wildman–Crippen MR) is 155 cm³/mol. The Labute approximate surface area is 244 Å². The number of ether oxygens (including phenoxy) is 1. The monoisotopic (exact) mass is 637 g/mol. The number of carbonyl (C=O) groups excluding carboxylic acids is 2. The lowest BCUT2D eigenvalue weighted by Gasteiger charge is -2.30. The summed E-state index contributed by atoms with van der Waals surface area (Å²) in [6, 6.07) is 18.8. The smallest absolute Gasteiger partial charge is 0.305 e. The van der Waals surface area contributed by atoms with Crippen molar-refractivity contribution in [3.8, 4) is 5.75 Å². The fourth-order valence-electron chi connectivity index (χ4n) is 5.15. The Morgan fingerprint density at radius 2 is 1.80 bits per heavy atom. The van der Waals surface area contributed by atoms with Crippen molar-refractivity contribution in [2.45, 2.75) is 29.7 Å². The number of nitro groups is 1. The molecule has 3 heterocycles. The largest absolute Gasteiger partial charge is 0.489 e. The molecule has 3 atom stereocenters. The van der Waals surface area contributed by atoms with E-state index < -0.39 is 33.8 Å². The Kier molecular flexibility index (Phi) is 6.85. The molecule has 12 heteroatoms. The van der Waals surface area contributed by atoms with Crippen LogP contribution in [0.5, 0.6) is 5.75 Å². The van der Waals surface area contributed by atoms with Gasteiger partial charge in [-0.05, 0) is 48.4 Å². The third-order valence-corrected chi connectivity index (χ3v) is 10.0. The van der Waals surface area contributed by atoms with Crippen LogP contribution in [0.15, 0.2) is 81.0 Å². The van der Waals surface area contributed by atoms with Crippen molar-refractivity contribution in [3.63, 3.8) is 0 Å². The third-order valence-electron chi connectivity index (χ3n) is 7.09. The number of aryl methyl sites for hydroxylation is 1. The Hall–Kier alpha value is -3.74. The number of thioether (sulfide) groups is 1. The maximum absolute atomic E-state index is 14.0. The number of anilines is 1. The van der Waals surface area contributed by atoms with Gasteiger partial charge in [-0.1, -0.05) is 63.3 Å². The number of amides is 2. The molecule has 1 saturated heterocycles. The molecule has 40 heavy (non-hydrogen) atoms. The van der Waals surface area contributed by atoms with E-state index in [1.54, 1.807) is 24.3 Å². The van der Waals surface area contributed by atoms with E-state index in [9.17, 15) is 24.5 Å². The van der Waals surface area contributed by atoms with E-state index in [0.717, 1.165) is 38.7 Å². The highest BCUT2D eigenvalue weighted by Gasteiger charge is 2.57. The quantitative estimate of drug-likeness (QED) is 0.161. The second-order valence-corrected chi connectivity index (χ2v) is 12.5. The Balaban J connectivity index is 1.48. The van der Waals surface area contributed by atoms with Gasteiger partial charge in [-0.3, -0.25) is 24.5 Å². The Morgan fingerprint density at radius 3 is 2.52 bits per heavy atom. The molecule has 0 bridgehead atoms. The highest BCUT2D eigenvalue weighted by Crippen LogP contribution is 2.55. The van der Waals surface area contributed by atoms with Gasteiger partial charge in [0.05, 0.1) is 21.6 Å². The van der Waals surface area contributed by atoms with E-state index >= 15 is 0 Å². The molecule has 0 saturated carbocycles.